The van der Waals surface area contributed by atoms with Crippen molar-refractivity contribution >= 4 is 25.8 Å². The van der Waals surface area contributed by atoms with E-state index in [2.05, 4.69) is 4.72 Å². The molecule has 0 bridgehead atoms. The number of carboxylic acid groups (broad SMARTS) is 1. The first-order valence-electron chi connectivity index (χ1n) is 7.43. The van der Waals surface area contributed by atoms with Crippen molar-refractivity contribution < 1.29 is 31.5 Å². The highest BCUT2D eigenvalue weighted by Crippen LogP contribution is 2.15. The standard InChI is InChI=1S/C16H17NO7S2/c18-15(19)16(24-13-7-3-1-4-8-13)25(20,21)12-11-17-26(22,23)14-9-5-2-6-10-14/h1-10,16-17H,11-12H2,(H,18,19). The van der Waals surface area contributed by atoms with Crippen molar-refractivity contribution in [3.05, 3.63) is 60.7 Å². The lowest BCUT2D eigenvalue weighted by molar-refractivity contribution is -0.141. The number of nitrogens with one attached hydrogen (secondary N) is 1. The molecule has 1 unspecified atom stereocenters. The molecular formula is C16H17NO7S2. The molecule has 0 aromatic heterocycles. The number of hydrogen-bond acceptors (Lipinski definition) is 6. The van der Waals surface area contributed by atoms with Crippen molar-refractivity contribution in [1.29, 1.82) is 0 Å². The van der Waals surface area contributed by atoms with E-state index < -0.39 is 43.6 Å². The Hall–Kier alpha value is -2.43. The normalized spacial score (nSPS) is 13.1. The SMILES string of the molecule is O=C(O)C(Oc1ccccc1)S(=O)(=O)CCNS(=O)(=O)c1ccccc1. The van der Waals surface area contributed by atoms with E-state index in [1.165, 1.54) is 36.4 Å². The first kappa shape index (κ1) is 19.9. The molecule has 1 atom stereocenters. The zero-order chi connectivity index (χ0) is 19.2. The monoisotopic (exact) mass is 399 g/mol. The number of benzene rings is 2. The van der Waals surface area contributed by atoms with E-state index in [1.807, 2.05) is 0 Å². The van der Waals surface area contributed by atoms with Crippen LogP contribution in [-0.2, 0) is 24.7 Å². The van der Waals surface area contributed by atoms with Gasteiger partial charge in [0.2, 0.25) is 19.9 Å². The van der Waals surface area contributed by atoms with Gasteiger partial charge in [-0.25, -0.2) is 26.4 Å². The molecule has 140 valence electrons. The number of hydrogen-bond donors (Lipinski definition) is 2. The summed E-state index contributed by atoms with van der Waals surface area (Å²) in [7, 11) is -8.16. The van der Waals surface area contributed by atoms with Crippen LogP contribution in [0.4, 0.5) is 0 Å². The molecule has 0 radical (unpaired) electrons. The Morgan fingerprint density at radius 3 is 2.04 bits per heavy atom. The number of carboxylic acids is 1. The molecule has 0 fully saturated rings. The third-order valence-electron chi connectivity index (χ3n) is 3.25. The van der Waals surface area contributed by atoms with Crippen molar-refractivity contribution in [3.8, 4) is 5.75 Å². The van der Waals surface area contributed by atoms with Gasteiger partial charge in [-0.05, 0) is 24.3 Å². The van der Waals surface area contributed by atoms with Gasteiger partial charge in [-0.1, -0.05) is 36.4 Å². The fourth-order valence-corrected chi connectivity index (χ4v) is 4.36. The predicted molar refractivity (Wildman–Crippen MR) is 93.9 cm³/mol. The number of sulfonamides is 1. The molecule has 2 aromatic carbocycles. The first-order chi connectivity index (χ1) is 12.2. The maximum atomic E-state index is 12.3. The molecule has 2 aromatic rings. The minimum absolute atomic E-state index is 0.0206. The molecular weight excluding hydrogens is 382 g/mol. The Bertz CT molecular complexity index is 943. The highest BCUT2D eigenvalue weighted by molar-refractivity contribution is 7.92. The zero-order valence-corrected chi connectivity index (χ0v) is 15.1. The van der Waals surface area contributed by atoms with Crippen LogP contribution < -0.4 is 9.46 Å². The van der Waals surface area contributed by atoms with E-state index in [1.54, 1.807) is 24.3 Å². The van der Waals surface area contributed by atoms with Crippen molar-refractivity contribution in [1.82, 2.24) is 4.72 Å². The summed E-state index contributed by atoms with van der Waals surface area (Å²) in [6.07, 6.45) is 0. The van der Waals surface area contributed by atoms with E-state index in [-0.39, 0.29) is 10.6 Å². The van der Waals surface area contributed by atoms with Gasteiger partial charge < -0.3 is 9.84 Å². The molecule has 0 aliphatic carbocycles. The Balaban J connectivity index is 2.05. The van der Waals surface area contributed by atoms with Crippen molar-refractivity contribution in [2.45, 2.75) is 10.3 Å². The van der Waals surface area contributed by atoms with Gasteiger partial charge in [0.05, 0.1) is 10.6 Å². The lowest BCUT2D eigenvalue weighted by atomic mass is 10.3. The van der Waals surface area contributed by atoms with E-state index in [0.29, 0.717) is 0 Å². The summed E-state index contributed by atoms with van der Waals surface area (Å²) in [4.78, 5) is 11.3. The van der Waals surface area contributed by atoms with Crippen LogP contribution in [0.1, 0.15) is 0 Å². The summed E-state index contributed by atoms with van der Waals surface area (Å²) in [5, 5.41) is 9.16. The third kappa shape index (κ3) is 5.28. The van der Waals surface area contributed by atoms with Gasteiger partial charge in [0.1, 0.15) is 5.75 Å². The van der Waals surface area contributed by atoms with Gasteiger partial charge in [-0.2, -0.15) is 0 Å². The number of carbonyl (C=O) groups is 1. The van der Waals surface area contributed by atoms with Gasteiger partial charge in [0.15, 0.2) is 0 Å². The minimum Gasteiger partial charge on any atom is -0.478 e. The topological polar surface area (TPSA) is 127 Å². The molecule has 0 saturated heterocycles. The molecule has 2 rings (SSSR count). The summed E-state index contributed by atoms with van der Waals surface area (Å²) in [6.45, 7) is -0.485. The number of ether oxygens (including phenoxy) is 1. The highest BCUT2D eigenvalue weighted by atomic mass is 32.2. The van der Waals surface area contributed by atoms with Crippen LogP contribution >= 0.6 is 0 Å². The Morgan fingerprint density at radius 2 is 1.50 bits per heavy atom. The number of rotatable bonds is 9. The fourth-order valence-electron chi connectivity index (χ4n) is 2.01. The summed E-state index contributed by atoms with van der Waals surface area (Å²) < 4.78 is 55.8. The van der Waals surface area contributed by atoms with Crippen LogP contribution in [0.15, 0.2) is 65.6 Å². The van der Waals surface area contributed by atoms with Gasteiger partial charge in [-0.15, -0.1) is 0 Å². The second-order valence-corrected chi connectivity index (χ2v) is 9.11. The van der Waals surface area contributed by atoms with Crippen LogP contribution in [0.3, 0.4) is 0 Å². The van der Waals surface area contributed by atoms with Crippen molar-refractivity contribution in [2.75, 3.05) is 12.3 Å². The molecule has 10 heteroatoms. The second kappa shape index (κ2) is 8.30. The molecule has 2 N–H and O–H groups in total. The molecule has 0 heterocycles. The molecule has 0 aliphatic heterocycles. The quantitative estimate of drug-likeness (QED) is 0.640. The molecule has 0 aliphatic rings. The van der Waals surface area contributed by atoms with Gasteiger partial charge in [-0.3, -0.25) is 0 Å². The summed E-state index contributed by atoms with van der Waals surface area (Å²) in [5.74, 6) is -2.34. The Kier molecular flexibility index (Phi) is 6.35. The van der Waals surface area contributed by atoms with Crippen molar-refractivity contribution in [3.63, 3.8) is 0 Å². The average molecular weight is 399 g/mol. The van der Waals surface area contributed by atoms with Crippen LogP contribution in [0.5, 0.6) is 5.75 Å². The molecule has 0 amide bonds. The van der Waals surface area contributed by atoms with Gasteiger partial charge >= 0.3 is 5.97 Å². The summed E-state index contributed by atoms with van der Waals surface area (Å²) >= 11 is 0. The number of aliphatic carboxylic acids is 1. The number of sulfone groups is 1. The Morgan fingerprint density at radius 1 is 0.962 bits per heavy atom. The average Bonchev–Trinajstić information content (AvgIpc) is 2.60. The third-order valence-corrected chi connectivity index (χ3v) is 6.45. The van der Waals surface area contributed by atoms with Gasteiger partial charge in [0.25, 0.3) is 5.44 Å². The van der Waals surface area contributed by atoms with E-state index in [4.69, 9.17) is 9.84 Å². The van der Waals surface area contributed by atoms with Gasteiger partial charge in [0, 0.05) is 6.54 Å². The lowest BCUT2D eigenvalue weighted by Crippen LogP contribution is -2.40. The Labute approximate surface area is 151 Å². The van der Waals surface area contributed by atoms with Crippen LogP contribution in [0.25, 0.3) is 0 Å². The zero-order valence-electron chi connectivity index (χ0n) is 13.5. The van der Waals surface area contributed by atoms with E-state index >= 15 is 0 Å². The molecule has 0 saturated carbocycles. The second-order valence-electron chi connectivity index (χ2n) is 5.18. The highest BCUT2D eigenvalue weighted by Gasteiger charge is 2.34. The summed E-state index contributed by atoms with van der Waals surface area (Å²) in [6, 6.07) is 15.0. The largest absolute Gasteiger partial charge is 0.478 e. The van der Waals surface area contributed by atoms with E-state index in [0.717, 1.165) is 0 Å². The van der Waals surface area contributed by atoms with Crippen LogP contribution in [0.2, 0.25) is 0 Å². The summed E-state index contributed by atoms with van der Waals surface area (Å²) in [5.41, 5.74) is -2.13. The van der Waals surface area contributed by atoms with Crippen LogP contribution in [-0.4, -0.2) is 45.6 Å². The maximum Gasteiger partial charge on any atom is 0.361 e. The lowest BCUT2D eigenvalue weighted by Gasteiger charge is -2.16. The minimum atomic E-state index is -4.27. The molecule has 8 nitrogen and oxygen atoms in total. The van der Waals surface area contributed by atoms with Crippen molar-refractivity contribution in [2.24, 2.45) is 0 Å². The fraction of sp³-hybridized carbons (Fsp3) is 0.188. The molecule has 0 spiro atoms. The molecule has 26 heavy (non-hydrogen) atoms. The van der Waals surface area contributed by atoms with E-state index in [9.17, 15) is 21.6 Å². The maximum absolute atomic E-state index is 12.3. The van der Waals surface area contributed by atoms with Crippen LogP contribution in [0, 0.1) is 0 Å². The smallest absolute Gasteiger partial charge is 0.361 e. The number of para-hydroxylation sites is 1. The first-order valence-corrected chi connectivity index (χ1v) is 10.6. The predicted octanol–water partition coefficient (Wildman–Crippen LogP) is 0.869.